The Morgan fingerprint density at radius 3 is 2.93 bits per heavy atom. The largest absolute Gasteiger partial charge is 0.392 e. The van der Waals surface area contributed by atoms with Gasteiger partial charge in [-0.25, -0.2) is 0 Å². The first kappa shape index (κ1) is 12.0. The van der Waals surface area contributed by atoms with Gasteiger partial charge in [-0.1, -0.05) is 6.92 Å². The molecule has 0 aliphatic carbocycles. The van der Waals surface area contributed by atoms with Gasteiger partial charge in [0.05, 0.1) is 12.7 Å². The van der Waals surface area contributed by atoms with Crippen molar-refractivity contribution in [2.24, 2.45) is 11.8 Å². The quantitative estimate of drug-likeness (QED) is 0.733. The van der Waals surface area contributed by atoms with Gasteiger partial charge < -0.3 is 14.6 Å². The Morgan fingerprint density at radius 1 is 1.57 bits per heavy atom. The summed E-state index contributed by atoms with van der Waals surface area (Å²) in [6, 6.07) is 0. The van der Waals surface area contributed by atoms with E-state index in [1.807, 2.05) is 0 Å². The van der Waals surface area contributed by atoms with Gasteiger partial charge in [-0.05, 0) is 25.2 Å². The van der Waals surface area contributed by atoms with Crippen LogP contribution in [0.5, 0.6) is 0 Å². The van der Waals surface area contributed by atoms with E-state index in [4.69, 9.17) is 9.47 Å². The van der Waals surface area contributed by atoms with Crippen molar-refractivity contribution in [2.45, 2.75) is 32.3 Å². The van der Waals surface area contributed by atoms with Crippen LogP contribution in [-0.2, 0) is 9.47 Å². The van der Waals surface area contributed by atoms with Crippen LogP contribution < -0.4 is 0 Å². The lowest BCUT2D eigenvalue weighted by atomic mass is 9.87. The summed E-state index contributed by atoms with van der Waals surface area (Å²) in [5.41, 5.74) is 0. The summed E-state index contributed by atoms with van der Waals surface area (Å²) >= 11 is 0. The van der Waals surface area contributed by atoms with E-state index < -0.39 is 0 Å². The van der Waals surface area contributed by atoms with Gasteiger partial charge in [-0.3, -0.25) is 0 Å². The fourth-order valence-corrected chi connectivity index (χ4v) is 1.97. The van der Waals surface area contributed by atoms with Crippen molar-refractivity contribution < 1.29 is 14.6 Å². The zero-order valence-corrected chi connectivity index (χ0v) is 9.24. The SMILES string of the molecule is COCCC(C)C(O)C1CCCOC1. The fraction of sp³-hybridized carbons (Fsp3) is 1.00. The Morgan fingerprint density at radius 2 is 2.36 bits per heavy atom. The number of hydrogen-bond donors (Lipinski definition) is 1. The van der Waals surface area contributed by atoms with Gasteiger partial charge in [-0.15, -0.1) is 0 Å². The first-order valence-electron chi connectivity index (χ1n) is 5.50. The minimum atomic E-state index is -0.231. The zero-order valence-electron chi connectivity index (χ0n) is 9.24. The van der Waals surface area contributed by atoms with E-state index in [0.717, 1.165) is 39.1 Å². The van der Waals surface area contributed by atoms with E-state index in [1.54, 1.807) is 7.11 Å². The molecule has 1 fully saturated rings. The molecule has 14 heavy (non-hydrogen) atoms. The lowest BCUT2D eigenvalue weighted by Gasteiger charge is -2.30. The molecule has 0 saturated carbocycles. The van der Waals surface area contributed by atoms with E-state index in [9.17, 15) is 5.11 Å². The Balaban J connectivity index is 2.26. The van der Waals surface area contributed by atoms with Crippen LogP contribution in [0.25, 0.3) is 0 Å². The molecule has 84 valence electrons. The molecule has 0 radical (unpaired) electrons. The molecular weight excluding hydrogens is 180 g/mol. The van der Waals surface area contributed by atoms with E-state index in [2.05, 4.69) is 6.92 Å². The molecule has 0 aromatic heterocycles. The van der Waals surface area contributed by atoms with Crippen LogP contribution in [0.15, 0.2) is 0 Å². The summed E-state index contributed by atoms with van der Waals surface area (Å²) in [6.07, 6.45) is 2.87. The first-order chi connectivity index (χ1) is 6.75. The normalized spacial score (nSPS) is 27.2. The summed E-state index contributed by atoms with van der Waals surface area (Å²) in [7, 11) is 1.70. The highest BCUT2D eigenvalue weighted by atomic mass is 16.5. The molecule has 1 saturated heterocycles. The molecule has 0 amide bonds. The molecule has 3 atom stereocenters. The summed E-state index contributed by atoms with van der Waals surface area (Å²) in [5, 5.41) is 10.0. The highest BCUT2D eigenvalue weighted by Gasteiger charge is 2.26. The summed E-state index contributed by atoms with van der Waals surface area (Å²) < 4.78 is 10.4. The maximum atomic E-state index is 10.0. The third-order valence-electron chi connectivity index (χ3n) is 3.04. The summed E-state index contributed by atoms with van der Waals surface area (Å²) in [6.45, 7) is 4.39. The molecule has 1 N–H and O–H groups in total. The topological polar surface area (TPSA) is 38.7 Å². The van der Waals surface area contributed by atoms with Crippen LogP contribution in [0.4, 0.5) is 0 Å². The maximum Gasteiger partial charge on any atom is 0.0616 e. The van der Waals surface area contributed by atoms with Gasteiger partial charge in [0.2, 0.25) is 0 Å². The van der Waals surface area contributed by atoms with Crippen LogP contribution >= 0.6 is 0 Å². The summed E-state index contributed by atoms with van der Waals surface area (Å²) in [4.78, 5) is 0. The summed E-state index contributed by atoms with van der Waals surface area (Å²) in [5.74, 6) is 0.636. The molecule has 0 bridgehead atoms. The zero-order chi connectivity index (χ0) is 10.4. The van der Waals surface area contributed by atoms with Crippen LogP contribution in [0.1, 0.15) is 26.2 Å². The third-order valence-corrected chi connectivity index (χ3v) is 3.04. The van der Waals surface area contributed by atoms with Gasteiger partial charge in [0.15, 0.2) is 0 Å². The number of hydrogen-bond acceptors (Lipinski definition) is 3. The van der Waals surface area contributed by atoms with Gasteiger partial charge in [-0.2, -0.15) is 0 Å². The highest BCUT2D eigenvalue weighted by Crippen LogP contribution is 2.23. The van der Waals surface area contributed by atoms with Crippen LogP contribution in [0.2, 0.25) is 0 Å². The monoisotopic (exact) mass is 202 g/mol. The van der Waals surface area contributed by atoms with E-state index in [0.29, 0.717) is 11.8 Å². The number of ether oxygens (including phenoxy) is 2. The predicted molar refractivity (Wildman–Crippen MR) is 55.2 cm³/mol. The number of methoxy groups -OCH3 is 1. The van der Waals surface area contributed by atoms with Crippen LogP contribution in [-0.4, -0.2) is 38.1 Å². The van der Waals surface area contributed by atoms with Crippen LogP contribution in [0.3, 0.4) is 0 Å². The first-order valence-corrected chi connectivity index (χ1v) is 5.50. The Hall–Kier alpha value is -0.120. The van der Waals surface area contributed by atoms with Crippen molar-refractivity contribution in [3.05, 3.63) is 0 Å². The Kier molecular flexibility index (Phi) is 5.45. The van der Waals surface area contributed by atoms with Gasteiger partial charge in [0.1, 0.15) is 0 Å². The minimum absolute atomic E-state index is 0.231. The third kappa shape index (κ3) is 3.56. The standard InChI is InChI=1S/C11H22O3/c1-9(5-7-13-2)11(12)10-4-3-6-14-8-10/h9-12H,3-8H2,1-2H3. The average molecular weight is 202 g/mol. The van der Waals surface area contributed by atoms with Gasteiger partial charge in [0, 0.05) is 26.2 Å². The maximum absolute atomic E-state index is 10.0. The smallest absolute Gasteiger partial charge is 0.0616 e. The van der Waals surface area contributed by atoms with Crippen molar-refractivity contribution >= 4 is 0 Å². The van der Waals surface area contributed by atoms with E-state index >= 15 is 0 Å². The molecule has 0 spiro atoms. The lowest BCUT2D eigenvalue weighted by molar-refractivity contribution is -0.0344. The second kappa shape index (κ2) is 6.38. The molecule has 3 nitrogen and oxygen atoms in total. The molecule has 1 aliphatic rings. The van der Waals surface area contributed by atoms with Gasteiger partial charge in [0.25, 0.3) is 0 Å². The van der Waals surface area contributed by atoms with E-state index in [1.165, 1.54) is 0 Å². The number of aliphatic hydroxyl groups excluding tert-OH is 1. The molecule has 1 heterocycles. The van der Waals surface area contributed by atoms with Crippen LogP contribution in [0, 0.1) is 11.8 Å². The van der Waals surface area contributed by atoms with Crippen molar-refractivity contribution in [3.63, 3.8) is 0 Å². The average Bonchev–Trinajstić information content (AvgIpc) is 2.26. The van der Waals surface area contributed by atoms with Crippen molar-refractivity contribution in [1.82, 2.24) is 0 Å². The van der Waals surface area contributed by atoms with Crippen molar-refractivity contribution in [3.8, 4) is 0 Å². The minimum Gasteiger partial charge on any atom is -0.392 e. The second-order valence-electron chi connectivity index (χ2n) is 4.23. The predicted octanol–water partition coefficient (Wildman–Crippen LogP) is 1.45. The van der Waals surface area contributed by atoms with E-state index in [-0.39, 0.29) is 6.10 Å². The lowest BCUT2D eigenvalue weighted by Crippen LogP contribution is -2.34. The molecule has 0 aromatic rings. The van der Waals surface area contributed by atoms with Gasteiger partial charge >= 0.3 is 0 Å². The number of aliphatic hydroxyl groups is 1. The van der Waals surface area contributed by atoms with Crippen molar-refractivity contribution in [2.75, 3.05) is 26.9 Å². The molecule has 3 unspecified atom stereocenters. The molecule has 1 rings (SSSR count). The molecule has 1 aliphatic heterocycles. The fourth-order valence-electron chi connectivity index (χ4n) is 1.97. The second-order valence-corrected chi connectivity index (χ2v) is 4.23. The van der Waals surface area contributed by atoms with Crippen molar-refractivity contribution in [1.29, 1.82) is 0 Å². The highest BCUT2D eigenvalue weighted by molar-refractivity contribution is 4.75. The number of rotatable bonds is 5. The molecule has 0 aromatic carbocycles. The Labute approximate surface area is 86.4 Å². The Bertz CT molecular complexity index is 143. The molecule has 3 heteroatoms. The molecular formula is C11H22O3.